The molecule has 22 heavy (non-hydrogen) atoms. The van der Waals surface area contributed by atoms with E-state index in [1.54, 1.807) is 45.0 Å². The Morgan fingerprint density at radius 1 is 1.41 bits per heavy atom. The lowest BCUT2D eigenvalue weighted by Gasteiger charge is -2.23. The van der Waals surface area contributed by atoms with Crippen molar-refractivity contribution in [1.82, 2.24) is 5.32 Å². The molecule has 0 bridgehead atoms. The lowest BCUT2D eigenvalue weighted by molar-refractivity contribution is 0.0514. The van der Waals surface area contributed by atoms with E-state index >= 15 is 0 Å². The van der Waals surface area contributed by atoms with Crippen LogP contribution in [0.2, 0.25) is 0 Å². The van der Waals surface area contributed by atoms with Gasteiger partial charge in [0, 0.05) is 11.1 Å². The van der Waals surface area contributed by atoms with Crippen molar-refractivity contribution in [3.63, 3.8) is 0 Å². The molecule has 0 aliphatic heterocycles. The standard InChI is InChI=1S/C17H18N2O3/c1-11-7-15(12(2)22-11)17(3,21)10-19-16(20)14-6-4-5-13(8-14)9-18/h4-8,21H,10H2,1-3H3,(H,19,20). The zero-order valence-corrected chi connectivity index (χ0v) is 12.8. The van der Waals surface area contributed by atoms with E-state index in [1.165, 1.54) is 6.07 Å². The first-order valence-corrected chi connectivity index (χ1v) is 6.92. The fraction of sp³-hybridized carbons (Fsp3) is 0.294. The molecule has 114 valence electrons. The van der Waals surface area contributed by atoms with Gasteiger partial charge in [0.1, 0.15) is 17.1 Å². The number of amides is 1. The Morgan fingerprint density at radius 2 is 2.14 bits per heavy atom. The van der Waals surface area contributed by atoms with Gasteiger partial charge in [-0.1, -0.05) is 6.07 Å². The molecule has 5 heteroatoms. The molecule has 1 amide bonds. The smallest absolute Gasteiger partial charge is 0.251 e. The molecule has 0 spiro atoms. The van der Waals surface area contributed by atoms with Crippen LogP contribution in [0.4, 0.5) is 0 Å². The van der Waals surface area contributed by atoms with Crippen LogP contribution in [-0.4, -0.2) is 17.6 Å². The first-order chi connectivity index (χ1) is 10.3. The van der Waals surface area contributed by atoms with Crippen LogP contribution < -0.4 is 5.32 Å². The van der Waals surface area contributed by atoms with Crippen molar-refractivity contribution in [2.24, 2.45) is 0 Å². The Kier molecular flexibility index (Phi) is 4.34. The molecule has 1 aromatic carbocycles. The van der Waals surface area contributed by atoms with Crippen LogP contribution in [0, 0.1) is 25.2 Å². The van der Waals surface area contributed by atoms with Gasteiger partial charge in [0.15, 0.2) is 0 Å². The number of nitriles is 1. The summed E-state index contributed by atoms with van der Waals surface area (Å²) >= 11 is 0. The van der Waals surface area contributed by atoms with Crippen LogP contribution >= 0.6 is 0 Å². The highest BCUT2D eigenvalue weighted by molar-refractivity contribution is 5.94. The first kappa shape index (κ1) is 15.8. The minimum Gasteiger partial charge on any atom is -0.466 e. The average Bonchev–Trinajstić information content (AvgIpc) is 2.84. The maximum absolute atomic E-state index is 12.1. The van der Waals surface area contributed by atoms with Gasteiger partial charge in [-0.2, -0.15) is 5.26 Å². The zero-order valence-electron chi connectivity index (χ0n) is 12.8. The van der Waals surface area contributed by atoms with Crippen molar-refractivity contribution in [2.75, 3.05) is 6.54 Å². The summed E-state index contributed by atoms with van der Waals surface area (Å²) in [6.07, 6.45) is 0. The molecule has 2 N–H and O–H groups in total. The van der Waals surface area contributed by atoms with E-state index in [2.05, 4.69) is 5.32 Å². The monoisotopic (exact) mass is 298 g/mol. The topological polar surface area (TPSA) is 86.3 Å². The number of hydrogen-bond donors (Lipinski definition) is 2. The van der Waals surface area contributed by atoms with Gasteiger partial charge in [-0.25, -0.2) is 0 Å². The Labute approximate surface area is 129 Å². The van der Waals surface area contributed by atoms with Gasteiger partial charge in [0.25, 0.3) is 5.91 Å². The third kappa shape index (κ3) is 3.35. The van der Waals surface area contributed by atoms with Crippen LogP contribution in [0.5, 0.6) is 0 Å². The first-order valence-electron chi connectivity index (χ1n) is 6.92. The molecule has 1 heterocycles. The predicted octanol–water partition coefficient (Wildman–Crippen LogP) is 2.41. The number of aryl methyl sites for hydroxylation is 2. The number of nitrogens with zero attached hydrogens (tertiary/aromatic N) is 1. The number of furan rings is 1. The molecule has 2 aromatic rings. The van der Waals surface area contributed by atoms with Crippen molar-refractivity contribution in [1.29, 1.82) is 5.26 Å². The van der Waals surface area contributed by atoms with Gasteiger partial charge in [0.2, 0.25) is 0 Å². The van der Waals surface area contributed by atoms with Gasteiger partial charge in [0.05, 0.1) is 18.2 Å². The molecule has 1 unspecified atom stereocenters. The second kappa shape index (κ2) is 6.04. The molecule has 1 aromatic heterocycles. The number of rotatable bonds is 4. The highest BCUT2D eigenvalue weighted by Crippen LogP contribution is 2.26. The minimum atomic E-state index is -1.23. The summed E-state index contributed by atoms with van der Waals surface area (Å²) in [7, 11) is 0. The van der Waals surface area contributed by atoms with E-state index in [9.17, 15) is 9.90 Å². The van der Waals surface area contributed by atoms with E-state index in [4.69, 9.17) is 9.68 Å². The number of carbonyl (C=O) groups is 1. The van der Waals surface area contributed by atoms with Crippen LogP contribution in [0.25, 0.3) is 0 Å². The zero-order chi connectivity index (χ0) is 16.3. The minimum absolute atomic E-state index is 0.0441. The molecule has 2 rings (SSSR count). The normalized spacial score (nSPS) is 13.2. The molecule has 0 saturated heterocycles. The summed E-state index contributed by atoms with van der Waals surface area (Å²) in [5, 5.41) is 22.1. The summed E-state index contributed by atoms with van der Waals surface area (Å²) in [5.74, 6) is 0.999. The van der Waals surface area contributed by atoms with Gasteiger partial charge in [-0.3, -0.25) is 4.79 Å². The van der Waals surface area contributed by atoms with Crippen LogP contribution in [-0.2, 0) is 5.60 Å². The number of carbonyl (C=O) groups excluding carboxylic acids is 1. The lowest BCUT2D eigenvalue weighted by atomic mass is 9.96. The Bertz CT molecular complexity index is 739. The summed E-state index contributed by atoms with van der Waals surface area (Å²) in [4.78, 5) is 12.1. The van der Waals surface area contributed by atoms with Crippen molar-refractivity contribution >= 4 is 5.91 Å². The molecular weight excluding hydrogens is 280 g/mol. The molecule has 1 atom stereocenters. The van der Waals surface area contributed by atoms with Gasteiger partial charge >= 0.3 is 0 Å². The summed E-state index contributed by atoms with van der Waals surface area (Å²) in [5.41, 5.74) is 0.219. The number of hydrogen-bond acceptors (Lipinski definition) is 4. The molecule has 0 aliphatic rings. The van der Waals surface area contributed by atoms with E-state index in [0.717, 1.165) is 0 Å². The second-order valence-corrected chi connectivity index (χ2v) is 5.48. The quantitative estimate of drug-likeness (QED) is 0.907. The lowest BCUT2D eigenvalue weighted by Crippen LogP contribution is -2.38. The largest absolute Gasteiger partial charge is 0.466 e. The fourth-order valence-electron chi connectivity index (χ4n) is 2.35. The van der Waals surface area contributed by atoms with Crippen molar-refractivity contribution < 1.29 is 14.3 Å². The van der Waals surface area contributed by atoms with Crippen molar-refractivity contribution in [3.8, 4) is 6.07 Å². The fourth-order valence-corrected chi connectivity index (χ4v) is 2.35. The molecular formula is C17H18N2O3. The second-order valence-electron chi connectivity index (χ2n) is 5.48. The molecule has 0 fully saturated rings. The van der Waals surface area contributed by atoms with E-state index in [-0.39, 0.29) is 12.5 Å². The molecule has 0 radical (unpaired) electrons. The van der Waals surface area contributed by atoms with E-state index < -0.39 is 5.60 Å². The van der Waals surface area contributed by atoms with Gasteiger partial charge in [-0.15, -0.1) is 0 Å². The number of benzene rings is 1. The molecule has 0 saturated carbocycles. The van der Waals surface area contributed by atoms with Crippen molar-refractivity contribution in [3.05, 3.63) is 58.5 Å². The highest BCUT2D eigenvalue weighted by Gasteiger charge is 2.28. The third-order valence-corrected chi connectivity index (χ3v) is 3.47. The third-order valence-electron chi connectivity index (χ3n) is 3.47. The van der Waals surface area contributed by atoms with Crippen LogP contribution in [0.1, 0.15) is 39.9 Å². The van der Waals surface area contributed by atoms with E-state index in [0.29, 0.717) is 28.2 Å². The Balaban J connectivity index is 2.10. The average molecular weight is 298 g/mol. The van der Waals surface area contributed by atoms with Crippen LogP contribution in [0.15, 0.2) is 34.7 Å². The Morgan fingerprint density at radius 3 is 2.73 bits per heavy atom. The van der Waals surface area contributed by atoms with Gasteiger partial charge in [-0.05, 0) is 45.0 Å². The Hall–Kier alpha value is -2.58. The number of nitrogens with one attached hydrogen (secondary N) is 1. The molecule has 5 nitrogen and oxygen atoms in total. The maximum Gasteiger partial charge on any atom is 0.251 e. The predicted molar refractivity (Wildman–Crippen MR) is 81.2 cm³/mol. The van der Waals surface area contributed by atoms with Crippen molar-refractivity contribution in [2.45, 2.75) is 26.4 Å². The summed E-state index contributed by atoms with van der Waals surface area (Å²) in [6, 6.07) is 10.2. The van der Waals surface area contributed by atoms with E-state index in [1.807, 2.05) is 6.07 Å². The van der Waals surface area contributed by atoms with Gasteiger partial charge < -0.3 is 14.8 Å². The van der Waals surface area contributed by atoms with Crippen LogP contribution in [0.3, 0.4) is 0 Å². The highest BCUT2D eigenvalue weighted by atomic mass is 16.3. The molecule has 0 aliphatic carbocycles. The SMILES string of the molecule is Cc1cc(C(C)(O)CNC(=O)c2cccc(C#N)c2)c(C)o1. The summed E-state index contributed by atoms with van der Waals surface area (Å²) in [6.45, 7) is 5.24. The summed E-state index contributed by atoms with van der Waals surface area (Å²) < 4.78 is 5.41. The maximum atomic E-state index is 12.1. The number of aliphatic hydroxyl groups is 1.